The zero-order valence-corrected chi connectivity index (χ0v) is 12.8. The zero-order valence-electron chi connectivity index (χ0n) is 12.8. The minimum absolute atomic E-state index is 0.00230. The topological polar surface area (TPSA) is 76.4 Å². The molecule has 0 saturated heterocycles. The summed E-state index contributed by atoms with van der Waals surface area (Å²) in [6, 6.07) is 9.46. The summed E-state index contributed by atoms with van der Waals surface area (Å²) in [4.78, 5) is 11.4. The van der Waals surface area contributed by atoms with E-state index in [1.54, 1.807) is 25.1 Å². The Labute approximate surface area is 136 Å². The lowest BCUT2D eigenvalue weighted by molar-refractivity contribution is -0.138. The summed E-state index contributed by atoms with van der Waals surface area (Å²) in [5.74, 6) is 5.29. The molecule has 24 heavy (non-hydrogen) atoms. The van der Waals surface area contributed by atoms with Crippen LogP contribution in [0.2, 0.25) is 0 Å². The molecule has 0 aliphatic heterocycles. The van der Waals surface area contributed by atoms with E-state index in [-0.39, 0.29) is 17.9 Å². The molecule has 128 valence electrons. The predicted molar refractivity (Wildman–Crippen MR) is 83.3 cm³/mol. The number of para-hydroxylation sites is 1. The monoisotopic (exact) mass is 339 g/mol. The smallest absolute Gasteiger partial charge is 0.416 e. The van der Waals surface area contributed by atoms with E-state index in [0.29, 0.717) is 11.3 Å². The lowest BCUT2D eigenvalue weighted by Crippen LogP contribution is -2.34. The molecule has 0 radical (unpaired) electrons. The van der Waals surface area contributed by atoms with E-state index in [4.69, 9.17) is 10.6 Å². The van der Waals surface area contributed by atoms with Crippen molar-refractivity contribution in [3.8, 4) is 5.75 Å². The maximum Gasteiger partial charge on any atom is 0.416 e. The number of carbonyl (C=O) groups excluding carboxylic acids is 1. The van der Waals surface area contributed by atoms with Gasteiger partial charge in [0.2, 0.25) is 0 Å². The molecular formula is C16H16F3N3O2. The number of nitrogens with two attached hydrogens (primary N) is 1. The standard InChI is InChI=1S/C16H16F3N3O2/c1-10-5-4-8-13(21-15(23)22-20)14(10)24-9-11-6-2-3-7-12(11)16(17,18)19/h2-8H,9,20H2,1H3,(H2,21,22,23). The van der Waals surface area contributed by atoms with Crippen molar-refractivity contribution in [2.45, 2.75) is 19.7 Å². The van der Waals surface area contributed by atoms with E-state index in [0.717, 1.165) is 6.07 Å². The van der Waals surface area contributed by atoms with Gasteiger partial charge in [0.25, 0.3) is 0 Å². The number of rotatable bonds is 4. The number of ether oxygens (including phenoxy) is 1. The van der Waals surface area contributed by atoms with Gasteiger partial charge in [-0.05, 0) is 24.6 Å². The van der Waals surface area contributed by atoms with Crippen LogP contribution >= 0.6 is 0 Å². The number of carbonyl (C=O) groups is 1. The second kappa shape index (κ2) is 7.22. The molecule has 2 amide bonds. The average molecular weight is 339 g/mol. The molecule has 0 unspecified atom stereocenters. The Morgan fingerprint density at radius 1 is 1.17 bits per heavy atom. The van der Waals surface area contributed by atoms with Crippen molar-refractivity contribution in [3.05, 3.63) is 59.2 Å². The molecule has 2 aromatic rings. The van der Waals surface area contributed by atoms with Gasteiger partial charge in [-0.15, -0.1) is 0 Å². The van der Waals surface area contributed by atoms with Gasteiger partial charge >= 0.3 is 12.2 Å². The molecule has 8 heteroatoms. The van der Waals surface area contributed by atoms with Crippen LogP contribution in [0.3, 0.4) is 0 Å². The first-order valence-electron chi connectivity index (χ1n) is 6.98. The zero-order chi connectivity index (χ0) is 17.7. The first kappa shape index (κ1) is 17.6. The Balaban J connectivity index is 2.26. The van der Waals surface area contributed by atoms with E-state index < -0.39 is 17.8 Å². The number of anilines is 1. The number of benzene rings is 2. The van der Waals surface area contributed by atoms with Crippen molar-refractivity contribution in [2.24, 2.45) is 5.84 Å². The Kier molecular flexibility index (Phi) is 5.30. The molecule has 0 saturated carbocycles. The lowest BCUT2D eigenvalue weighted by atomic mass is 10.1. The Hall–Kier alpha value is -2.74. The molecule has 0 aromatic heterocycles. The van der Waals surface area contributed by atoms with Crippen LogP contribution in [0.25, 0.3) is 0 Å². The molecule has 0 bridgehead atoms. The van der Waals surface area contributed by atoms with Crippen LogP contribution in [0.5, 0.6) is 5.75 Å². The fourth-order valence-corrected chi connectivity index (χ4v) is 2.17. The van der Waals surface area contributed by atoms with Gasteiger partial charge in [0, 0.05) is 5.56 Å². The van der Waals surface area contributed by atoms with E-state index in [1.165, 1.54) is 18.2 Å². The van der Waals surface area contributed by atoms with Crippen LogP contribution in [-0.2, 0) is 12.8 Å². The van der Waals surface area contributed by atoms with Crippen molar-refractivity contribution in [1.29, 1.82) is 0 Å². The molecule has 0 aliphatic carbocycles. The summed E-state index contributed by atoms with van der Waals surface area (Å²) in [6.07, 6.45) is -4.47. The average Bonchev–Trinajstić information content (AvgIpc) is 2.53. The van der Waals surface area contributed by atoms with E-state index in [9.17, 15) is 18.0 Å². The van der Waals surface area contributed by atoms with Gasteiger partial charge in [-0.1, -0.05) is 30.3 Å². The predicted octanol–water partition coefficient (Wildman–Crippen LogP) is 3.59. The SMILES string of the molecule is Cc1cccc(NC(=O)NN)c1OCc1ccccc1C(F)(F)F. The fourth-order valence-electron chi connectivity index (χ4n) is 2.17. The number of aryl methyl sites for hydroxylation is 1. The summed E-state index contributed by atoms with van der Waals surface area (Å²) in [6.45, 7) is 1.43. The number of hydrogen-bond acceptors (Lipinski definition) is 3. The van der Waals surface area contributed by atoms with Crippen LogP contribution < -0.4 is 21.3 Å². The number of hydrazine groups is 1. The van der Waals surface area contributed by atoms with Crippen LogP contribution in [0, 0.1) is 6.92 Å². The second-order valence-corrected chi connectivity index (χ2v) is 4.99. The van der Waals surface area contributed by atoms with Crippen molar-refractivity contribution in [2.75, 3.05) is 5.32 Å². The number of halogens is 3. The van der Waals surface area contributed by atoms with Gasteiger partial charge < -0.3 is 10.1 Å². The summed E-state index contributed by atoms with van der Waals surface area (Å²) < 4.78 is 44.6. The third-order valence-electron chi connectivity index (χ3n) is 3.29. The van der Waals surface area contributed by atoms with Gasteiger partial charge in [-0.25, -0.2) is 10.6 Å². The third-order valence-corrected chi connectivity index (χ3v) is 3.29. The summed E-state index contributed by atoms with van der Waals surface area (Å²) >= 11 is 0. The molecule has 4 N–H and O–H groups in total. The van der Waals surface area contributed by atoms with Gasteiger partial charge in [0.15, 0.2) is 0 Å². The third kappa shape index (κ3) is 4.17. The van der Waals surface area contributed by atoms with Gasteiger partial charge in [0.1, 0.15) is 12.4 Å². The minimum atomic E-state index is -4.47. The Morgan fingerprint density at radius 2 is 1.88 bits per heavy atom. The molecule has 0 heterocycles. The van der Waals surface area contributed by atoms with Crippen molar-refractivity contribution in [3.63, 3.8) is 0 Å². The number of urea groups is 1. The molecule has 0 fully saturated rings. The van der Waals surface area contributed by atoms with Crippen LogP contribution in [0.15, 0.2) is 42.5 Å². The molecule has 0 atom stereocenters. The van der Waals surface area contributed by atoms with Gasteiger partial charge in [-0.2, -0.15) is 13.2 Å². The molecular weight excluding hydrogens is 323 g/mol. The molecule has 5 nitrogen and oxygen atoms in total. The van der Waals surface area contributed by atoms with Gasteiger partial charge in [0.05, 0.1) is 11.3 Å². The van der Waals surface area contributed by atoms with Crippen molar-refractivity contribution >= 4 is 11.7 Å². The summed E-state index contributed by atoms with van der Waals surface area (Å²) in [5.41, 5.74) is 2.12. The van der Waals surface area contributed by atoms with Crippen LogP contribution in [-0.4, -0.2) is 6.03 Å². The second-order valence-electron chi connectivity index (χ2n) is 4.99. The highest BCUT2D eigenvalue weighted by atomic mass is 19.4. The number of alkyl halides is 3. The summed E-state index contributed by atoms with van der Waals surface area (Å²) in [5, 5.41) is 2.46. The van der Waals surface area contributed by atoms with E-state index >= 15 is 0 Å². The fraction of sp³-hybridized carbons (Fsp3) is 0.188. The van der Waals surface area contributed by atoms with E-state index in [2.05, 4.69) is 5.32 Å². The highest BCUT2D eigenvalue weighted by Gasteiger charge is 2.33. The maximum atomic E-state index is 13.0. The van der Waals surface area contributed by atoms with Crippen LogP contribution in [0.4, 0.5) is 23.7 Å². The molecule has 2 rings (SSSR count). The molecule has 0 aliphatic rings. The molecule has 0 spiro atoms. The normalized spacial score (nSPS) is 11.0. The van der Waals surface area contributed by atoms with E-state index in [1.807, 2.05) is 5.43 Å². The minimum Gasteiger partial charge on any atom is -0.486 e. The first-order valence-corrected chi connectivity index (χ1v) is 6.98. The highest BCUT2D eigenvalue weighted by molar-refractivity contribution is 5.90. The van der Waals surface area contributed by atoms with Crippen LogP contribution in [0.1, 0.15) is 16.7 Å². The Morgan fingerprint density at radius 3 is 2.54 bits per heavy atom. The number of hydrogen-bond donors (Lipinski definition) is 3. The van der Waals surface area contributed by atoms with Gasteiger partial charge in [-0.3, -0.25) is 5.43 Å². The highest BCUT2D eigenvalue weighted by Crippen LogP contribution is 2.34. The van der Waals surface area contributed by atoms with Crippen molar-refractivity contribution < 1.29 is 22.7 Å². The van der Waals surface area contributed by atoms with Crippen molar-refractivity contribution in [1.82, 2.24) is 5.43 Å². The quantitative estimate of drug-likeness (QED) is 0.453. The first-order chi connectivity index (χ1) is 11.3. The summed E-state index contributed by atoms with van der Waals surface area (Å²) in [7, 11) is 0. The Bertz CT molecular complexity index is 733. The molecule has 2 aromatic carbocycles. The number of amides is 2. The lowest BCUT2D eigenvalue weighted by Gasteiger charge is -2.17. The maximum absolute atomic E-state index is 13.0. The number of nitrogens with one attached hydrogen (secondary N) is 2. The largest absolute Gasteiger partial charge is 0.486 e.